The maximum Gasteiger partial charge on any atom is 0.144 e. The van der Waals surface area contributed by atoms with Gasteiger partial charge in [0.05, 0.1) is 12.8 Å². The first-order valence-corrected chi connectivity index (χ1v) is 6.59. The van der Waals surface area contributed by atoms with Gasteiger partial charge >= 0.3 is 0 Å². The highest BCUT2D eigenvalue weighted by atomic mass is 79.9. The van der Waals surface area contributed by atoms with Crippen LogP contribution in [0.4, 0.5) is 5.69 Å². The molecule has 1 aromatic rings. The molecule has 0 aliphatic carbocycles. The number of hydrogen-bond donors (Lipinski definition) is 0. The molecule has 1 saturated heterocycles. The van der Waals surface area contributed by atoms with Gasteiger partial charge in [-0.1, -0.05) is 15.9 Å². The van der Waals surface area contributed by atoms with E-state index in [0.29, 0.717) is 0 Å². The van der Waals surface area contributed by atoms with E-state index in [0.717, 1.165) is 27.8 Å². The molecule has 2 rings (SSSR count). The second-order valence-corrected chi connectivity index (χ2v) is 5.40. The molecule has 1 aromatic carbocycles. The van der Waals surface area contributed by atoms with E-state index in [1.54, 1.807) is 7.11 Å². The molecule has 0 radical (unpaired) electrons. The summed E-state index contributed by atoms with van der Waals surface area (Å²) in [5.74, 6) is 0.929. The highest BCUT2D eigenvalue weighted by Crippen LogP contribution is 2.40. The summed E-state index contributed by atoms with van der Waals surface area (Å²) in [6, 6.07) is 4.08. The lowest BCUT2D eigenvalue weighted by atomic mass is 10.2. The standard InChI is InChI=1S/C11H13Br2NO/c1-15-10-7-8(12)6-9(13)11(10)14-4-2-3-5-14/h6-7H,2-5H2,1H3. The minimum atomic E-state index is 0.929. The van der Waals surface area contributed by atoms with Crippen LogP contribution in [0, 0.1) is 0 Å². The minimum Gasteiger partial charge on any atom is -0.495 e. The van der Waals surface area contributed by atoms with Gasteiger partial charge in [-0.2, -0.15) is 0 Å². The van der Waals surface area contributed by atoms with Gasteiger partial charge in [0, 0.05) is 22.0 Å². The lowest BCUT2D eigenvalue weighted by molar-refractivity contribution is 0.414. The van der Waals surface area contributed by atoms with Crippen molar-refractivity contribution < 1.29 is 4.74 Å². The van der Waals surface area contributed by atoms with Crippen molar-refractivity contribution in [1.29, 1.82) is 0 Å². The van der Waals surface area contributed by atoms with Crippen LogP contribution in [-0.4, -0.2) is 20.2 Å². The molecule has 0 amide bonds. The van der Waals surface area contributed by atoms with Crippen molar-refractivity contribution in [3.8, 4) is 5.75 Å². The van der Waals surface area contributed by atoms with Crippen LogP contribution in [0.2, 0.25) is 0 Å². The topological polar surface area (TPSA) is 12.5 Å². The molecule has 15 heavy (non-hydrogen) atoms. The Morgan fingerprint density at radius 1 is 1.20 bits per heavy atom. The Labute approximate surface area is 107 Å². The van der Waals surface area contributed by atoms with Crippen LogP contribution < -0.4 is 9.64 Å². The Hall–Kier alpha value is -0.220. The fourth-order valence-electron chi connectivity index (χ4n) is 1.95. The summed E-state index contributed by atoms with van der Waals surface area (Å²) < 4.78 is 7.55. The number of halogens is 2. The highest BCUT2D eigenvalue weighted by Gasteiger charge is 2.19. The molecule has 1 fully saturated rings. The zero-order chi connectivity index (χ0) is 10.8. The first kappa shape index (κ1) is 11.3. The zero-order valence-corrected chi connectivity index (χ0v) is 11.8. The van der Waals surface area contributed by atoms with Crippen LogP contribution in [0.5, 0.6) is 5.75 Å². The zero-order valence-electron chi connectivity index (χ0n) is 8.59. The van der Waals surface area contributed by atoms with Crippen LogP contribution in [-0.2, 0) is 0 Å². The van der Waals surface area contributed by atoms with E-state index in [-0.39, 0.29) is 0 Å². The number of benzene rings is 1. The summed E-state index contributed by atoms with van der Waals surface area (Å²) >= 11 is 7.07. The average molecular weight is 335 g/mol. The van der Waals surface area contributed by atoms with Crippen molar-refractivity contribution in [2.24, 2.45) is 0 Å². The van der Waals surface area contributed by atoms with Crippen LogP contribution in [0.15, 0.2) is 21.1 Å². The van der Waals surface area contributed by atoms with Crippen molar-refractivity contribution in [3.63, 3.8) is 0 Å². The minimum absolute atomic E-state index is 0.929. The number of rotatable bonds is 2. The number of methoxy groups -OCH3 is 1. The van der Waals surface area contributed by atoms with Crippen molar-refractivity contribution in [2.75, 3.05) is 25.1 Å². The summed E-state index contributed by atoms with van der Waals surface area (Å²) in [5, 5.41) is 0. The SMILES string of the molecule is COc1cc(Br)cc(Br)c1N1CCCC1. The van der Waals surface area contributed by atoms with Gasteiger partial charge in [0.1, 0.15) is 5.75 Å². The Morgan fingerprint density at radius 2 is 1.87 bits per heavy atom. The summed E-state index contributed by atoms with van der Waals surface area (Å²) in [6.07, 6.45) is 2.54. The van der Waals surface area contributed by atoms with Crippen molar-refractivity contribution >= 4 is 37.5 Å². The van der Waals surface area contributed by atoms with Gasteiger partial charge < -0.3 is 9.64 Å². The second kappa shape index (κ2) is 4.74. The fraction of sp³-hybridized carbons (Fsp3) is 0.455. The molecular formula is C11H13Br2NO. The lowest BCUT2D eigenvalue weighted by Crippen LogP contribution is -2.18. The molecule has 0 spiro atoms. The summed E-state index contributed by atoms with van der Waals surface area (Å²) in [5.41, 5.74) is 1.18. The second-order valence-electron chi connectivity index (χ2n) is 3.63. The number of nitrogens with zero attached hydrogens (tertiary/aromatic N) is 1. The Kier molecular flexibility index (Phi) is 3.57. The third kappa shape index (κ3) is 2.31. The first-order chi connectivity index (χ1) is 7.22. The van der Waals surface area contributed by atoms with Crippen LogP contribution >= 0.6 is 31.9 Å². The van der Waals surface area contributed by atoms with E-state index in [2.05, 4.69) is 42.8 Å². The van der Waals surface area contributed by atoms with Gasteiger partial charge in [0.15, 0.2) is 0 Å². The fourth-order valence-corrected chi connectivity index (χ4v) is 3.38. The third-order valence-corrected chi connectivity index (χ3v) is 3.70. The third-order valence-electron chi connectivity index (χ3n) is 2.64. The van der Waals surface area contributed by atoms with E-state index >= 15 is 0 Å². The van der Waals surface area contributed by atoms with Crippen molar-refractivity contribution in [3.05, 3.63) is 21.1 Å². The number of anilines is 1. The number of ether oxygens (including phenoxy) is 1. The number of hydrogen-bond acceptors (Lipinski definition) is 2. The van der Waals surface area contributed by atoms with E-state index in [1.807, 2.05) is 6.07 Å². The van der Waals surface area contributed by atoms with Gasteiger partial charge in [0.2, 0.25) is 0 Å². The molecule has 0 saturated carbocycles. The molecule has 2 nitrogen and oxygen atoms in total. The normalized spacial score (nSPS) is 15.8. The van der Waals surface area contributed by atoms with Gasteiger partial charge in [-0.15, -0.1) is 0 Å². The lowest BCUT2D eigenvalue weighted by Gasteiger charge is -2.22. The van der Waals surface area contributed by atoms with E-state index in [4.69, 9.17) is 4.74 Å². The predicted octanol–water partition coefficient (Wildman–Crippen LogP) is 3.82. The summed E-state index contributed by atoms with van der Waals surface area (Å²) in [4.78, 5) is 2.37. The molecule has 0 unspecified atom stereocenters. The molecule has 0 N–H and O–H groups in total. The monoisotopic (exact) mass is 333 g/mol. The average Bonchev–Trinajstić information content (AvgIpc) is 2.69. The molecule has 1 aliphatic rings. The first-order valence-electron chi connectivity index (χ1n) is 5.00. The maximum absolute atomic E-state index is 5.42. The maximum atomic E-state index is 5.42. The van der Waals surface area contributed by atoms with E-state index in [9.17, 15) is 0 Å². The predicted molar refractivity (Wildman–Crippen MR) is 69.8 cm³/mol. The van der Waals surface area contributed by atoms with Crippen LogP contribution in [0.25, 0.3) is 0 Å². The van der Waals surface area contributed by atoms with Gasteiger partial charge in [-0.3, -0.25) is 0 Å². The molecule has 0 aromatic heterocycles. The van der Waals surface area contributed by atoms with Crippen molar-refractivity contribution in [1.82, 2.24) is 0 Å². The highest BCUT2D eigenvalue weighted by molar-refractivity contribution is 9.11. The smallest absolute Gasteiger partial charge is 0.144 e. The quantitative estimate of drug-likeness (QED) is 0.815. The van der Waals surface area contributed by atoms with Crippen LogP contribution in [0.1, 0.15) is 12.8 Å². The Balaban J connectivity index is 2.43. The summed E-state index contributed by atoms with van der Waals surface area (Å²) in [6.45, 7) is 2.24. The van der Waals surface area contributed by atoms with Crippen LogP contribution in [0.3, 0.4) is 0 Å². The van der Waals surface area contributed by atoms with Gasteiger partial charge in [0.25, 0.3) is 0 Å². The molecule has 1 aliphatic heterocycles. The Morgan fingerprint density at radius 3 is 2.47 bits per heavy atom. The van der Waals surface area contributed by atoms with Gasteiger partial charge in [-0.05, 0) is 40.9 Å². The van der Waals surface area contributed by atoms with E-state index in [1.165, 1.54) is 18.5 Å². The van der Waals surface area contributed by atoms with Gasteiger partial charge in [-0.25, -0.2) is 0 Å². The molecule has 4 heteroatoms. The molecular weight excluding hydrogens is 322 g/mol. The largest absolute Gasteiger partial charge is 0.495 e. The molecule has 0 bridgehead atoms. The molecule has 1 heterocycles. The van der Waals surface area contributed by atoms with E-state index < -0.39 is 0 Å². The molecule has 82 valence electrons. The summed E-state index contributed by atoms with van der Waals surface area (Å²) in [7, 11) is 1.72. The van der Waals surface area contributed by atoms with Crippen molar-refractivity contribution in [2.45, 2.75) is 12.8 Å². The molecule has 0 atom stereocenters. The Bertz CT molecular complexity index is 362.